The minimum atomic E-state index is -1.64. The van der Waals surface area contributed by atoms with Gasteiger partial charge in [-0.05, 0) is 77.0 Å². The summed E-state index contributed by atoms with van der Waals surface area (Å²) < 4.78 is 11.4. The van der Waals surface area contributed by atoms with Crippen molar-refractivity contribution in [3.05, 3.63) is 23.8 Å². The van der Waals surface area contributed by atoms with Crippen LogP contribution in [0, 0.1) is 23.7 Å². The van der Waals surface area contributed by atoms with E-state index >= 15 is 0 Å². The maximum absolute atomic E-state index is 12.6. The first-order valence-electron chi connectivity index (χ1n) is 15.2. The molecular weight excluding hydrogens is 512 g/mol. The van der Waals surface area contributed by atoms with Gasteiger partial charge in [0.1, 0.15) is 6.10 Å². The SMILES string of the molecule is C=C1/C=C(\C)C(C)C[C@H](O)CC(=O)[C@H](O)[C@@H](O)[C@H](C)C[C@H](C)OC(=O)[C@@H](C)C(O)CCCC[C@@H]2O[C@H]2C[C@H](C)C1. The summed E-state index contributed by atoms with van der Waals surface area (Å²) in [6.07, 6.45) is 2.51. The van der Waals surface area contributed by atoms with Crippen LogP contribution in [0.15, 0.2) is 23.8 Å². The molecule has 1 fully saturated rings. The summed E-state index contributed by atoms with van der Waals surface area (Å²) in [4.78, 5) is 25.2. The highest BCUT2D eigenvalue weighted by Crippen LogP contribution is 2.34. The molecule has 0 aromatic rings. The molecule has 0 saturated carbocycles. The van der Waals surface area contributed by atoms with Gasteiger partial charge < -0.3 is 29.9 Å². The maximum atomic E-state index is 12.6. The van der Waals surface area contributed by atoms with E-state index in [1.165, 1.54) is 0 Å². The van der Waals surface area contributed by atoms with Crippen LogP contribution >= 0.6 is 0 Å². The first-order valence-corrected chi connectivity index (χ1v) is 15.2. The molecule has 0 radical (unpaired) electrons. The number of cyclic esters (lactones) is 1. The van der Waals surface area contributed by atoms with Gasteiger partial charge in [-0.15, -0.1) is 0 Å². The number of ketones is 1. The molecule has 11 atom stereocenters. The Morgan fingerprint density at radius 1 is 0.875 bits per heavy atom. The van der Waals surface area contributed by atoms with E-state index < -0.39 is 54.1 Å². The fourth-order valence-electron chi connectivity index (χ4n) is 5.75. The van der Waals surface area contributed by atoms with Gasteiger partial charge in [0.05, 0.1) is 42.5 Å². The molecule has 8 nitrogen and oxygen atoms in total. The molecular formula is C32H54O8. The number of fused-ring (bicyclic) bond motifs is 1. The van der Waals surface area contributed by atoms with Gasteiger partial charge in [-0.1, -0.05) is 57.4 Å². The van der Waals surface area contributed by atoms with Crippen LogP contribution in [0.3, 0.4) is 0 Å². The van der Waals surface area contributed by atoms with E-state index in [9.17, 15) is 30.0 Å². The Hall–Kier alpha value is -1.58. The molecule has 8 heteroatoms. The van der Waals surface area contributed by atoms with E-state index in [1.54, 1.807) is 20.8 Å². The first-order chi connectivity index (χ1) is 18.7. The molecule has 2 heterocycles. The number of hydrogen-bond donors (Lipinski definition) is 4. The summed E-state index contributed by atoms with van der Waals surface area (Å²) in [5, 5.41) is 42.1. The molecule has 1 saturated heterocycles. The van der Waals surface area contributed by atoms with E-state index in [1.807, 2.05) is 13.8 Å². The molecule has 0 aliphatic carbocycles. The lowest BCUT2D eigenvalue weighted by Crippen LogP contribution is -2.41. The summed E-state index contributed by atoms with van der Waals surface area (Å²) in [6, 6.07) is 0. The second-order valence-corrected chi connectivity index (χ2v) is 12.8. The zero-order valence-corrected chi connectivity index (χ0v) is 25.4. The highest BCUT2D eigenvalue weighted by Gasteiger charge is 2.39. The zero-order chi connectivity index (χ0) is 30.1. The van der Waals surface area contributed by atoms with Crippen LogP contribution in [0.2, 0.25) is 0 Å². The molecule has 0 aromatic carbocycles. The van der Waals surface area contributed by atoms with E-state index in [0.717, 1.165) is 43.3 Å². The van der Waals surface area contributed by atoms with Crippen molar-refractivity contribution in [2.45, 2.75) is 142 Å². The Bertz CT molecular complexity index is 869. The summed E-state index contributed by atoms with van der Waals surface area (Å²) in [5.41, 5.74) is 2.09. The topological polar surface area (TPSA) is 137 Å². The number of aliphatic hydroxyl groups excluding tert-OH is 4. The van der Waals surface area contributed by atoms with Gasteiger partial charge >= 0.3 is 5.97 Å². The Balaban J connectivity index is 2.07. The minimum absolute atomic E-state index is 0.0157. The van der Waals surface area contributed by atoms with Crippen LogP contribution in [0.4, 0.5) is 0 Å². The van der Waals surface area contributed by atoms with Crippen molar-refractivity contribution < 1.29 is 39.5 Å². The monoisotopic (exact) mass is 566 g/mol. The van der Waals surface area contributed by atoms with Gasteiger partial charge in [-0.25, -0.2) is 0 Å². The molecule has 2 rings (SSSR count). The van der Waals surface area contributed by atoms with Crippen molar-refractivity contribution in [1.29, 1.82) is 0 Å². The van der Waals surface area contributed by atoms with E-state index in [2.05, 4.69) is 19.6 Å². The summed E-state index contributed by atoms with van der Waals surface area (Å²) in [7, 11) is 0. The molecule has 4 N–H and O–H groups in total. The van der Waals surface area contributed by atoms with Crippen LogP contribution in [0.25, 0.3) is 0 Å². The molecule has 40 heavy (non-hydrogen) atoms. The Morgan fingerprint density at radius 2 is 1.52 bits per heavy atom. The van der Waals surface area contributed by atoms with Crippen molar-refractivity contribution in [2.75, 3.05) is 0 Å². The van der Waals surface area contributed by atoms with E-state index in [-0.39, 0.29) is 31.0 Å². The largest absolute Gasteiger partial charge is 0.462 e. The highest BCUT2D eigenvalue weighted by molar-refractivity contribution is 5.83. The number of hydrogen-bond acceptors (Lipinski definition) is 8. The molecule has 0 spiro atoms. The van der Waals surface area contributed by atoms with Crippen LogP contribution in [-0.4, -0.2) is 74.9 Å². The summed E-state index contributed by atoms with van der Waals surface area (Å²) in [6.45, 7) is 15.4. The van der Waals surface area contributed by atoms with Crippen LogP contribution in [0.1, 0.15) is 99.3 Å². The molecule has 2 aliphatic rings. The molecule has 0 amide bonds. The normalized spacial score (nSPS) is 42.3. The van der Waals surface area contributed by atoms with Gasteiger partial charge in [0.15, 0.2) is 5.78 Å². The molecule has 0 aromatic heterocycles. The molecule has 0 bridgehead atoms. The third-order valence-electron chi connectivity index (χ3n) is 8.65. The molecule has 230 valence electrons. The lowest BCUT2D eigenvalue weighted by Gasteiger charge is -2.27. The van der Waals surface area contributed by atoms with Crippen molar-refractivity contribution in [3.8, 4) is 0 Å². The third-order valence-corrected chi connectivity index (χ3v) is 8.65. The Morgan fingerprint density at radius 3 is 2.20 bits per heavy atom. The fourth-order valence-corrected chi connectivity index (χ4v) is 5.75. The van der Waals surface area contributed by atoms with Gasteiger partial charge in [-0.2, -0.15) is 0 Å². The lowest BCUT2D eigenvalue weighted by molar-refractivity contribution is -0.158. The fraction of sp³-hybridized carbons (Fsp3) is 0.812. The standard InChI is InChI=1S/C32H54O8/c1-18-12-19(2)14-29-28(40-29)11-9-8-10-26(34)24(7)32(38)39-23(6)15-22(5)30(36)31(37)27(35)17-25(33)16-21(4)20(3)13-18/h13,19,21-26,28-31,33-34,36-37H,1,8-12,14-17H2,2-7H3/b20-13+/t19-,21?,22-,23+,24+,25+,26?,28+,29+,30+,31+/m1/s1. The van der Waals surface area contributed by atoms with Crippen LogP contribution in [-0.2, 0) is 19.1 Å². The average molecular weight is 567 g/mol. The minimum Gasteiger partial charge on any atom is -0.462 e. The van der Waals surface area contributed by atoms with Crippen molar-refractivity contribution >= 4 is 11.8 Å². The summed E-state index contributed by atoms with van der Waals surface area (Å²) >= 11 is 0. The van der Waals surface area contributed by atoms with E-state index in [4.69, 9.17) is 9.47 Å². The summed E-state index contributed by atoms with van der Waals surface area (Å²) in [5.74, 6) is -1.93. The highest BCUT2D eigenvalue weighted by atomic mass is 16.6. The Labute approximate surface area is 240 Å². The number of carbonyl (C=O) groups excluding carboxylic acids is 2. The number of ether oxygens (including phenoxy) is 2. The number of carbonyl (C=O) groups is 2. The zero-order valence-electron chi connectivity index (χ0n) is 25.4. The quantitative estimate of drug-likeness (QED) is 0.252. The van der Waals surface area contributed by atoms with Crippen molar-refractivity contribution in [1.82, 2.24) is 0 Å². The maximum Gasteiger partial charge on any atom is 0.311 e. The molecule has 2 aliphatic heterocycles. The number of rotatable bonds is 0. The number of allylic oxidation sites excluding steroid dienone is 3. The smallest absolute Gasteiger partial charge is 0.311 e. The van der Waals surface area contributed by atoms with E-state index in [0.29, 0.717) is 18.8 Å². The average Bonchev–Trinajstić information content (AvgIpc) is 3.60. The number of esters is 1. The lowest BCUT2D eigenvalue weighted by atomic mass is 9.88. The van der Waals surface area contributed by atoms with Gasteiger partial charge in [0.2, 0.25) is 0 Å². The molecule has 2 unspecified atom stereocenters. The predicted molar refractivity (Wildman–Crippen MR) is 154 cm³/mol. The predicted octanol–water partition coefficient (Wildman–Crippen LogP) is 4.27. The van der Waals surface area contributed by atoms with Crippen LogP contribution < -0.4 is 0 Å². The number of Topliss-reactive ketones (excluding diaryl/α,β-unsaturated/α-hetero) is 1. The second-order valence-electron chi connectivity index (χ2n) is 12.8. The number of aliphatic hydroxyl groups is 4. The second kappa shape index (κ2) is 16.2. The van der Waals surface area contributed by atoms with Crippen molar-refractivity contribution in [2.24, 2.45) is 23.7 Å². The third kappa shape index (κ3) is 11.4. The van der Waals surface area contributed by atoms with Gasteiger partial charge in [-0.3, -0.25) is 9.59 Å². The van der Waals surface area contributed by atoms with Gasteiger partial charge in [0, 0.05) is 6.42 Å². The van der Waals surface area contributed by atoms with Crippen LogP contribution in [0.5, 0.6) is 0 Å². The van der Waals surface area contributed by atoms with Gasteiger partial charge in [0.25, 0.3) is 0 Å². The van der Waals surface area contributed by atoms with Crippen molar-refractivity contribution in [3.63, 3.8) is 0 Å². The first kappa shape index (κ1) is 34.6. The Kier molecular flexibility index (Phi) is 14.0. The number of epoxide rings is 1.